The van der Waals surface area contributed by atoms with Gasteiger partial charge in [-0.3, -0.25) is 0 Å². The Kier molecular flexibility index (Phi) is 7.15. The van der Waals surface area contributed by atoms with E-state index in [9.17, 15) is 0 Å². The first-order valence-corrected chi connectivity index (χ1v) is 7.66. The summed E-state index contributed by atoms with van der Waals surface area (Å²) in [5.41, 5.74) is 4.39. The maximum Gasteiger partial charge on any atom is 0.0991 e. The van der Waals surface area contributed by atoms with Crippen molar-refractivity contribution in [2.45, 2.75) is 79.1 Å². The van der Waals surface area contributed by atoms with E-state index in [1.54, 1.807) is 5.57 Å². The maximum atomic E-state index is 5.86. The van der Waals surface area contributed by atoms with Gasteiger partial charge in [-0.1, -0.05) is 31.3 Å². The van der Waals surface area contributed by atoms with Gasteiger partial charge in [0.05, 0.1) is 12.4 Å². The first kappa shape index (κ1) is 15.3. The zero-order chi connectivity index (χ0) is 13.4. The standard InChI is InChI=1S/C17H30O/c1-5-18-17-13-11-9-7-6-8-10-12-14(2)15(3)16(17)4/h5-13H2,1-4H3/b15-14-,17-16-. The van der Waals surface area contributed by atoms with Gasteiger partial charge >= 0.3 is 0 Å². The molecule has 0 aromatic carbocycles. The summed E-state index contributed by atoms with van der Waals surface area (Å²) in [7, 11) is 0. The van der Waals surface area contributed by atoms with E-state index in [1.807, 2.05) is 0 Å². The van der Waals surface area contributed by atoms with E-state index in [0.717, 1.165) is 13.0 Å². The molecule has 1 nitrogen and oxygen atoms in total. The summed E-state index contributed by atoms with van der Waals surface area (Å²) in [6, 6.07) is 0. The van der Waals surface area contributed by atoms with E-state index in [1.165, 1.54) is 61.9 Å². The fourth-order valence-electron chi connectivity index (χ4n) is 2.64. The fourth-order valence-corrected chi connectivity index (χ4v) is 2.64. The first-order valence-electron chi connectivity index (χ1n) is 7.66. The zero-order valence-electron chi connectivity index (χ0n) is 12.8. The molecule has 0 amide bonds. The predicted molar refractivity (Wildman–Crippen MR) is 79.6 cm³/mol. The quantitative estimate of drug-likeness (QED) is 0.604. The van der Waals surface area contributed by atoms with Crippen LogP contribution in [0.15, 0.2) is 22.5 Å². The lowest BCUT2D eigenvalue weighted by Crippen LogP contribution is -2.00. The van der Waals surface area contributed by atoms with Crippen molar-refractivity contribution in [2.24, 2.45) is 0 Å². The Morgan fingerprint density at radius 1 is 0.778 bits per heavy atom. The van der Waals surface area contributed by atoms with Gasteiger partial charge in [-0.15, -0.1) is 0 Å². The molecule has 104 valence electrons. The van der Waals surface area contributed by atoms with Crippen LogP contribution in [0.25, 0.3) is 0 Å². The van der Waals surface area contributed by atoms with E-state index < -0.39 is 0 Å². The third kappa shape index (κ3) is 4.88. The van der Waals surface area contributed by atoms with Crippen LogP contribution in [0.1, 0.15) is 79.1 Å². The van der Waals surface area contributed by atoms with E-state index in [0.29, 0.717) is 0 Å². The number of hydrogen-bond acceptors (Lipinski definition) is 1. The van der Waals surface area contributed by atoms with Crippen LogP contribution in [0.5, 0.6) is 0 Å². The van der Waals surface area contributed by atoms with Crippen LogP contribution in [-0.4, -0.2) is 6.61 Å². The average molecular weight is 250 g/mol. The van der Waals surface area contributed by atoms with Crippen LogP contribution in [-0.2, 0) is 4.74 Å². The smallest absolute Gasteiger partial charge is 0.0991 e. The van der Waals surface area contributed by atoms with Crippen molar-refractivity contribution >= 4 is 0 Å². The van der Waals surface area contributed by atoms with Gasteiger partial charge in [-0.2, -0.15) is 0 Å². The highest BCUT2D eigenvalue weighted by molar-refractivity contribution is 5.33. The minimum atomic E-state index is 0.791. The Bertz CT molecular complexity index is 310. The van der Waals surface area contributed by atoms with Crippen molar-refractivity contribution < 1.29 is 4.74 Å². The minimum Gasteiger partial charge on any atom is -0.498 e. The van der Waals surface area contributed by atoms with Crippen LogP contribution in [0.2, 0.25) is 0 Å². The van der Waals surface area contributed by atoms with Gasteiger partial charge in [0.2, 0.25) is 0 Å². The van der Waals surface area contributed by atoms with E-state index >= 15 is 0 Å². The van der Waals surface area contributed by atoms with Crippen LogP contribution < -0.4 is 0 Å². The molecule has 0 bridgehead atoms. The largest absolute Gasteiger partial charge is 0.498 e. The molecular weight excluding hydrogens is 220 g/mol. The monoisotopic (exact) mass is 250 g/mol. The molecule has 0 radical (unpaired) electrons. The molecule has 0 aliphatic heterocycles. The van der Waals surface area contributed by atoms with Gasteiger partial charge in [0, 0.05) is 6.42 Å². The van der Waals surface area contributed by atoms with Crippen molar-refractivity contribution in [1.82, 2.24) is 0 Å². The Labute approximate surface area is 113 Å². The average Bonchev–Trinajstić information content (AvgIpc) is 2.37. The van der Waals surface area contributed by atoms with Gasteiger partial charge in [0.15, 0.2) is 0 Å². The van der Waals surface area contributed by atoms with Gasteiger partial charge in [0.25, 0.3) is 0 Å². The van der Waals surface area contributed by atoms with Crippen molar-refractivity contribution in [1.29, 1.82) is 0 Å². The molecule has 1 rings (SSSR count). The molecule has 0 aromatic rings. The van der Waals surface area contributed by atoms with Gasteiger partial charge < -0.3 is 4.74 Å². The lowest BCUT2D eigenvalue weighted by atomic mass is 9.95. The van der Waals surface area contributed by atoms with Crippen LogP contribution >= 0.6 is 0 Å². The van der Waals surface area contributed by atoms with Crippen LogP contribution in [0.3, 0.4) is 0 Å². The highest BCUT2D eigenvalue weighted by atomic mass is 16.5. The predicted octanol–water partition coefficient (Wildman–Crippen LogP) is 5.77. The topological polar surface area (TPSA) is 9.23 Å². The second-order valence-electron chi connectivity index (χ2n) is 5.51. The summed E-state index contributed by atoms with van der Waals surface area (Å²) in [5, 5.41) is 0. The molecule has 1 aliphatic rings. The van der Waals surface area contributed by atoms with Crippen molar-refractivity contribution in [3.05, 3.63) is 22.5 Å². The molecule has 0 N–H and O–H groups in total. The minimum absolute atomic E-state index is 0.791. The van der Waals surface area contributed by atoms with E-state index in [-0.39, 0.29) is 0 Å². The Morgan fingerprint density at radius 3 is 1.94 bits per heavy atom. The maximum absolute atomic E-state index is 5.86. The third-order valence-corrected chi connectivity index (χ3v) is 4.15. The van der Waals surface area contributed by atoms with Crippen molar-refractivity contribution in [3.8, 4) is 0 Å². The molecule has 1 aliphatic carbocycles. The molecule has 0 fully saturated rings. The summed E-state index contributed by atoms with van der Waals surface area (Å²) in [6.45, 7) is 9.65. The molecule has 0 heterocycles. The molecule has 0 atom stereocenters. The summed E-state index contributed by atoms with van der Waals surface area (Å²) >= 11 is 0. The molecule has 0 aromatic heterocycles. The zero-order valence-corrected chi connectivity index (χ0v) is 12.8. The molecule has 0 saturated heterocycles. The Balaban J connectivity index is 2.90. The SMILES string of the molecule is CCO/C1=C(C)\C(C)=C(\C)CCCCCCCC1. The van der Waals surface area contributed by atoms with Gasteiger partial charge in [0.1, 0.15) is 0 Å². The molecule has 0 spiro atoms. The van der Waals surface area contributed by atoms with E-state index in [4.69, 9.17) is 4.74 Å². The number of rotatable bonds is 2. The summed E-state index contributed by atoms with van der Waals surface area (Å²) in [4.78, 5) is 0. The van der Waals surface area contributed by atoms with E-state index in [2.05, 4.69) is 27.7 Å². The number of allylic oxidation sites excluding steroid dienone is 4. The van der Waals surface area contributed by atoms with Crippen LogP contribution in [0.4, 0.5) is 0 Å². The van der Waals surface area contributed by atoms with Crippen LogP contribution in [0, 0.1) is 0 Å². The first-order chi connectivity index (χ1) is 8.66. The van der Waals surface area contributed by atoms with Crippen molar-refractivity contribution in [2.75, 3.05) is 6.61 Å². The van der Waals surface area contributed by atoms with Gasteiger partial charge in [-0.05, 0) is 58.1 Å². The molecule has 0 unspecified atom stereocenters. The number of ether oxygens (including phenoxy) is 1. The second kappa shape index (κ2) is 8.39. The summed E-state index contributed by atoms with van der Waals surface area (Å²) < 4.78 is 5.86. The summed E-state index contributed by atoms with van der Waals surface area (Å²) in [5.74, 6) is 1.23. The normalized spacial score (nSPS) is 28.4. The third-order valence-electron chi connectivity index (χ3n) is 4.15. The molecule has 1 heteroatoms. The second-order valence-corrected chi connectivity index (χ2v) is 5.51. The number of hydrogen-bond donors (Lipinski definition) is 0. The highest BCUT2D eigenvalue weighted by Gasteiger charge is 2.09. The Hall–Kier alpha value is -0.720. The lowest BCUT2D eigenvalue weighted by molar-refractivity contribution is 0.213. The summed E-state index contributed by atoms with van der Waals surface area (Å²) in [6.07, 6.45) is 10.5. The molecule has 0 saturated carbocycles. The molecular formula is C17H30O. The van der Waals surface area contributed by atoms with Gasteiger partial charge in [-0.25, -0.2) is 0 Å². The fraction of sp³-hybridized carbons (Fsp3) is 0.765. The van der Waals surface area contributed by atoms with Crippen molar-refractivity contribution in [3.63, 3.8) is 0 Å². The lowest BCUT2D eigenvalue weighted by Gasteiger charge is -2.17. The Morgan fingerprint density at radius 2 is 1.33 bits per heavy atom. The highest BCUT2D eigenvalue weighted by Crippen LogP contribution is 2.26. The molecule has 18 heavy (non-hydrogen) atoms.